The lowest BCUT2D eigenvalue weighted by Gasteiger charge is -2.18. The molecule has 0 N–H and O–H groups in total. The van der Waals surface area contributed by atoms with Crippen molar-refractivity contribution in [3.05, 3.63) is 0 Å². The third-order valence-corrected chi connectivity index (χ3v) is 1.52. The molecule has 0 heterocycles. The van der Waals surface area contributed by atoms with Gasteiger partial charge in [-0.1, -0.05) is 12.8 Å². The zero-order valence-corrected chi connectivity index (χ0v) is 6.69. The standard InChI is InChI=1S/C9H12O/c1-5-7-8-9(3,6-2)10-4/h1H,6H2,2-4H3. The van der Waals surface area contributed by atoms with Crippen LogP contribution in [0.2, 0.25) is 0 Å². The van der Waals surface area contributed by atoms with Crippen molar-refractivity contribution >= 4 is 0 Å². The topological polar surface area (TPSA) is 9.23 Å². The third-order valence-electron chi connectivity index (χ3n) is 1.52. The van der Waals surface area contributed by atoms with E-state index in [9.17, 15) is 0 Å². The molecule has 0 aliphatic carbocycles. The first kappa shape index (κ1) is 9.08. The van der Waals surface area contributed by atoms with Crippen LogP contribution >= 0.6 is 0 Å². The molecule has 1 unspecified atom stereocenters. The van der Waals surface area contributed by atoms with E-state index < -0.39 is 0 Å². The van der Waals surface area contributed by atoms with E-state index >= 15 is 0 Å². The highest BCUT2D eigenvalue weighted by molar-refractivity contribution is 5.26. The molecule has 10 heavy (non-hydrogen) atoms. The number of terminal acetylenes is 1. The molecule has 0 aliphatic rings. The lowest BCUT2D eigenvalue weighted by Crippen LogP contribution is -2.23. The monoisotopic (exact) mass is 136 g/mol. The molecule has 1 heteroatoms. The second-order valence-electron chi connectivity index (χ2n) is 2.18. The van der Waals surface area contributed by atoms with Gasteiger partial charge >= 0.3 is 0 Å². The first-order valence-corrected chi connectivity index (χ1v) is 3.21. The van der Waals surface area contributed by atoms with Crippen molar-refractivity contribution in [2.24, 2.45) is 0 Å². The van der Waals surface area contributed by atoms with E-state index in [0.717, 1.165) is 6.42 Å². The fraction of sp³-hybridized carbons (Fsp3) is 0.556. The minimum absolute atomic E-state index is 0.369. The second kappa shape index (κ2) is 3.99. The molecule has 0 aliphatic heterocycles. The molecular weight excluding hydrogens is 124 g/mol. The summed E-state index contributed by atoms with van der Waals surface area (Å²) in [5, 5.41) is 0. The van der Waals surface area contributed by atoms with Crippen molar-refractivity contribution in [1.29, 1.82) is 0 Å². The Balaban J connectivity index is 4.23. The molecule has 0 spiro atoms. The predicted octanol–water partition coefficient (Wildman–Crippen LogP) is 1.44. The predicted molar refractivity (Wildman–Crippen MR) is 42.3 cm³/mol. The van der Waals surface area contributed by atoms with Crippen LogP contribution in [-0.2, 0) is 4.74 Å². The summed E-state index contributed by atoms with van der Waals surface area (Å²) in [4.78, 5) is 0. The van der Waals surface area contributed by atoms with Gasteiger partial charge in [0.1, 0.15) is 5.60 Å². The highest BCUT2D eigenvalue weighted by Gasteiger charge is 2.16. The maximum absolute atomic E-state index is 5.12. The first-order chi connectivity index (χ1) is 4.68. The Kier molecular flexibility index (Phi) is 3.62. The molecule has 54 valence electrons. The van der Waals surface area contributed by atoms with Crippen molar-refractivity contribution in [3.63, 3.8) is 0 Å². The van der Waals surface area contributed by atoms with Crippen LogP contribution in [0.15, 0.2) is 0 Å². The normalized spacial score (nSPS) is 14.2. The van der Waals surface area contributed by atoms with Crippen LogP contribution in [0.3, 0.4) is 0 Å². The van der Waals surface area contributed by atoms with Crippen molar-refractivity contribution in [1.82, 2.24) is 0 Å². The lowest BCUT2D eigenvalue weighted by atomic mass is 10.1. The summed E-state index contributed by atoms with van der Waals surface area (Å²) in [6.45, 7) is 3.92. The van der Waals surface area contributed by atoms with Crippen LogP contribution < -0.4 is 0 Å². The average Bonchev–Trinajstić information content (AvgIpc) is 2.00. The maximum Gasteiger partial charge on any atom is 0.126 e. The van der Waals surface area contributed by atoms with E-state index in [0.29, 0.717) is 0 Å². The smallest absolute Gasteiger partial charge is 0.126 e. The Labute approximate surface area is 62.8 Å². The minimum Gasteiger partial charge on any atom is -0.366 e. The summed E-state index contributed by atoms with van der Waals surface area (Å²) in [5.74, 6) is 7.63. The zero-order valence-electron chi connectivity index (χ0n) is 6.69. The molecule has 0 saturated heterocycles. The zero-order chi connectivity index (χ0) is 8.04. The molecule has 0 fully saturated rings. The van der Waals surface area contributed by atoms with Gasteiger partial charge in [-0.2, -0.15) is 0 Å². The Morgan fingerprint density at radius 3 is 2.50 bits per heavy atom. The summed E-state index contributed by atoms with van der Waals surface area (Å²) in [7, 11) is 1.63. The Morgan fingerprint density at radius 2 is 2.20 bits per heavy atom. The number of hydrogen-bond acceptors (Lipinski definition) is 1. The average molecular weight is 136 g/mol. The Bertz CT molecular complexity index is 183. The number of ether oxygens (including phenoxy) is 1. The van der Waals surface area contributed by atoms with Gasteiger partial charge in [-0.25, -0.2) is 0 Å². The van der Waals surface area contributed by atoms with Gasteiger partial charge in [-0.3, -0.25) is 0 Å². The van der Waals surface area contributed by atoms with Gasteiger partial charge in [0, 0.05) is 7.11 Å². The molecule has 0 amide bonds. The number of methoxy groups -OCH3 is 1. The largest absolute Gasteiger partial charge is 0.366 e. The molecule has 0 saturated carbocycles. The van der Waals surface area contributed by atoms with Crippen LogP contribution in [0.5, 0.6) is 0 Å². The minimum atomic E-state index is -0.369. The Morgan fingerprint density at radius 1 is 1.60 bits per heavy atom. The van der Waals surface area contributed by atoms with E-state index in [1.165, 1.54) is 0 Å². The fourth-order valence-corrected chi connectivity index (χ4v) is 0.452. The lowest BCUT2D eigenvalue weighted by molar-refractivity contribution is 0.0543. The van der Waals surface area contributed by atoms with Crippen LogP contribution in [0.25, 0.3) is 0 Å². The summed E-state index contributed by atoms with van der Waals surface area (Å²) in [5.41, 5.74) is -0.369. The Hall–Kier alpha value is -0.920. The molecule has 0 radical (unpaired) electrons. The van der Waals surface area contributed by atoms with Crippen LogP contribution in [0, 0.1) is 24.2 Å². The molecule has 0 aromatic heterocycles. The van der Waals surface area contributed by atoms with Crippen molar-refractivity contribution < 1.29 is 4.74 Å². The summed E-state index contributed by atoms with van der Waals surface area (Å²) >= 11 is 0. The van der Waals surface area contributed by atoms with E-state index in [2.05, 4.69) is 17.8 Å². The molecule has 1 nitrogen and oxygen atoms in total. The molecule has 0 aromatic carbocycles. The summed E-state index contributed by atoms with van der Waals surface area (Å²) in [6, 6.07) is 0. The highest BCUT2D eigenvalue weighted by atomic mass is 16.5. The number of rotatable bonds is 2. The van der Waals surface area contributed by atoms with Gasteiger partial charge in [0.05, 0.1) is 0 Å². The van der Waals surface area contributed by atoms with Gasteiger partial charge < -0.3 is 4.74 Å². The molecule has 0 aromatic rings. The summed E-state index contributed by atoms with van der Waals surface area (Å²) < 4.78 is 5.12. The second-order valence-corrected chi connectivity index (χ2v) is 2.18. The summed E-state index contributed by atoms with van der Waals surface area (Å²) in [6.07, 6.45) is 5.81. The van der Waals surface area contributed by atoms with Crippen molar-refractivity contribution in [3.8, 4) is 24.2 Å². The van der Waals surface area contributed by atoms with E-state index in [1.54, 1.807) is 7.11 Å². The van der Waals surface area contributed by atoms with Crippen molar-refractivity contribution in [2.75, 3.05) is 7.11 Å². The van der Waals surface area contributed by atoms with Crippen LogP contribution in [-0.4, -0.2) is 12.7 Å². The fourth-order valence-electron chi connectivity index (χ4n) is 0.452. The van der Waals surface area contributed by atoms with Gasteiger partial charge in [0.25, 0.3) is 0 Å². The molecule has 0 bridgehead atoms. The molecule has 1 atom stereocenters. The van der Waals surface area contributed by atoms with Crippen LogP contribution in [0.1, 0.15) is 20.3 Å². The van der Waals surface area contributed by atoms with Gasteiger partial charge in [0.2, 0.25) is 0 Å². The third kappa shape index (κ3) is 2.58. The van der Waals surface area contributed by atoms with Gasteiger partial charge in [-0.05, 0) is 25.2 Å². The van der Waals surface area contributed by atoms with E-state index in [1.807, 2.05) is 13.8 Å². The van der Waals surface area contributed by atoms with Gasteiger partial charge in [0.15, 0.2) is 0 Å². The van der Waals surface area contributed by atoms with Gasteiger partial charge in [-0.15, -0.1) is 6.42 Å². The first-order valence-electron chi connectivity index (χ1n) is 3.21. The van der Waals surface area contributed by atoms with E-state index in [4.69, 9.17) is 11.2 Å². The highest BCUT2D eigenvalue weighted by Crippen LogP contribution is 2.11. The maximum atomic E-state index is 5.12. The molecular formula is C9H12O. The SMILES string of the molecule is C#CC#CC(C)(CC)OC. The van der Waals surface area contributed by atoms with Crippen LogP contribution in [0.4, 0.5) is 0 Å². The van der Waals surface area contributed by atoms with Crippen molar-refractivity contribution in [2.45, 2.75) is 25.9 Å². The quantitative estimate of drug-likeness (QED) is 0.522. The molecule has 0 rings (SSSR count). The van der Waals surface area contributed by atoms with E-state index in [-0.39, 0.29) is 5.60 Å². The number of hydrogen-bond donors (Lipinski definition) is 0.